The Bertz CT molecular complexity index is 1580. The van der Waals surface area contributed by atoms with Crippen molar-refractivity contribution in [1.29, 1.82) is 0 Å². The standard InChI is InChI=1S/C26H26ClFN4O3S/c1-15-10-16(27)11-19(23(15)35-21-5-7-29-14-26(21,2)28)18-4-8-30-20-12-17(36-24(18)20)13-32-22(33)6-9-31(3)25(32)34/h4,6,8-12,21,29H,5,7,13-14H2,1-3H3/t21-,26-/m0/s1. The second-order valence-corrected chi connectivity index (χ2v) is 10.9. The van der Waals surface area contributed by atoms with Gasteiger partial charge in [-0.3, -0.25) is 14.3 Å². The van der Waals surface area contributed by atoms with Crippen LogP contribution in [0.25, 0.3) is 21.3 Å². The molecule has 1 aromatic carbocycles. The number of hydrogen-bond acceptors (Lipinski definition) is 6. The van der Waals surface area contributed by atoms with Crippen molar-refractivity contribution in [3.8, 4) is 16.9 Å². The van der Waals surface area contributed by atoms with Crippen molar-refractivity contribution in [3.63, 3.8) is 0 Å². The fraction of sp³-hybridized carbons (Fsp3) is 0.346. The number of pyridine rings is 1. The number of hydrogen-bond donors (Lipinski definition) is 1. The fourth-order valence-corrected chi connectivity index (χ4v) is 5.99. The summed E-state index contributed by atoms with van der Waals surface area (Å²) in [5.41, 5.74) is 0.886. The lowest BCUT2D eigenvalue weighted by Crippen LogP contribution is -2.53. The number of rotatable bonds is 5. The van der Waals surface area contributed by atoms with Crippen molar-refractivity contribution in [2.75, 3.05) is 13.1 Å². The normalized spacial score (nSPS) is 20.1. The third kappa shape index (κ3) is 4.58. The van der Waals surface area contributed by atoms with E-state index in [1.807, 2.05) is 31.2 Å². The number of piperidine rings is 1. The smallest absolute Gasteiger partial charge is 0.331 e. The zero-order chi connectivity index (χ0) is 25.6. The molecule has 0 spiro atoms. The Morgan fingerprint density at radius 2 is 2.08 bits per heavy atom. The van der Waals surface area contributed by atoms with Gasteiger partial charge in [-0.1, -0.05) is 11.6 Å². The van der Waals surface area contributed by atoms with Gasteiger partial charge in [0.05, 0.1) is 16.8 Å². The van der Waals surface area contributed by atoms with Gasteiger partial charge in [-0.05, 0) is 56.6 Å². The van der Waals surface area contributed by atoms with Crippen LogP contribution in [-0.4, -0.2) is 39.0 Å². The lowest BCUT2D eigenvalue weighted by molar-refractivity contribution is 0.000220. The van der Waals surface area contributed by atoms with Crippen molar-refractivity contribution >= 4 is 33.2 Å². The second-order valence-electron chi connectivity index (χ2n) is 9.37. The van der Waals surface area contributed by atoms with Gasteiger partial charge in [-0.25, -0.2) is 9.18 Å². The molecule has 188 valence electrons. The van der Waals surface area contributed by atoms with E-state index in [0.29, 0.717) is 23.7 Å². The molecule has 3 aromatic heterocycles. The molecule has 36 heavy (non-hydrogen) atoms. The minimum Gasteiger partial charge on any atom is -0.486 e. The van der Waals surface area contributed by atoms with Crippen LogP contribution in [-0.2, 0) is 13.6 Å². The van der Waals surface area contributed by atoms with Gasteiger partial charge >= 0.3 is 5.69 Å². The molecule has 10 heteroatoms. The number of benzene rings is 1. The van der Waals surface area contributed by atoms with Gasteiger partial charge in [0.2, 0.25) is 0 Å². The van der Waals surface area contributed by atoms with Crippen molar-refractivity contribution < 1.29 is 9.13 Å². The molecule has 5 rings (SSSR count). The van der Waals surface area contributed by atoms with Crippen LogP contribution in [0.2, 0.25) is 5.02 Å². The van der Waals surface area contributed by atoms with Crippen LogP contribution >= 0.6 is 22.9 Å². The number of fused-ring (bicyclic) bond motifs is 1. The predicted octanol–water partition coefficient (Wildman–Crippen LogP) is 4.30. The molecule has 0 unspecified atom stereocenters. The Labute approximate surface area is 216 Å². The molecule has 0 saturated carbocycles. The molecule has 0 aliphatic carbocycles. The third-order valence-electron chi connectivity index (χ3n) is 6.53. The van der Waals surface area contributed by atoms with Crippen molar-refractivity contribution in [1.82, 2.24) is 19.4 Å². The third-order valence-corrected chi connectivity index (χ3v) is 7.89. The highest BCUT2D eigenvalue weighted by atomic mass is 35.5. The van der Waals surface area contributed by atoms with E-state index in [-0.39, 0.29) is 24.3 Å². The Morgan fingerprint density at radius 3 is 2.86 bits per heavy atom. The molecule has 1 fully saturated rings. The molecule has 4 aromatic rings. The molecule has 1 saturated heterocycles. The molecule has 0 radical (unpaired) electrons. The van der Waals surface area contributed by atoms with Gasteiger partial charge in [-0.15, -0.1) is 11.3 Å². The van der Waals surface area contributed by atoms with Gasteiger partial charge in [0.25, 0.3) is 5.56 Å². The molecule has 0 amide bonds. The van der Waals surface area contributed by atoms with Crippen LogP contribution in [0.15, 0.2) is 52.3 Å². The van der Waals surface area contributed by atoms with Crippen molar-refractivity contribution in [2.45, 2.75) is 38.6 Å². The second kappa shape index (κ2) is 9.46. The van der Waals surface area contributed by atoms with Crippen LogP contribution in [0, 0.1) is 6.92 Å². The lowest BCUT2D eigenvalue weighted by Gasteiger charge is -2.36. The summed E-state index contributed by atoms with van der Waals surface area (Å²) in [7, 11) is 1.61. The number of ether oxygens (including phenoxy) is 1. The highest BCUT2D eigenvalue weighted by Gasteiger charge is 2.39. The average Bonchev–Trinajstić information content (AvgIpc) is 3.24. The summed E-state index contributed by atoms with van der Waals surface area (Å²) in [6, 6.07) is 8.77. The van der Waals surface area contributed by atoms with Crippen molar-refractivity contribution in [2.24, 2.45) is 7.05 Å². The monoisotopic (exact) mass is 528 g/mol. The minimum absolute atomic E-state index is 0.139. The molecular weight excluding hydrogens is 503 g/mol. The van der Waals surface area contributed by atoms with Crippen LogP contribution < -0.4 is 21.3 Å². The number of aryl methyl sites for hydroxylation is 2. The molecule has 1 N–H and O–H groups in total. The first-order valence-corrected chi connectivity index (χ1v) is 12.8. The maximum Gasteiger partial charge on any atom is 0.331 e. The summed E-state index contributed by atoms with van der Waals surface area (Å²) >= 11 is 7.91. The quantitative estimate of drug-likeness (QED) is 0.418. The van der Waals surface area contributed by atoms with Crippen LogP contribution in [0.1, 0.15) is 23.8 Å². The van der Waals surface area contributed by atoms with Crippen LogP contribution in [0.3, 0.4) is 0 Å². The van der Waals surface area contributed by atoms with Crippen LogP contribution in [0.5, 0.6) is 5.75 Å². The van der Waals surface area contributed by atoms with Crippen LogP contribution in [0.4, 0.5) is 4.39 Å². The number of halogens is 2. The van der Waals surface area contributed by atoms with Gasteiger partial charge in [-0.2, -0.15) is 0 Å². The number of nitrogens with zero attached hydrogens (tertiary/aromatic N) is 3. The summed E-state index contributed by atoms with van der Waals surface area (Å²) in [6.45, 7) is 4.50. The highest BCUT2D eigenvalue weighted by molar-refractivity contribution is 7.19. The Hall–Kier alpha value is -3.01. The van der Waals surface area contributed by atoms with E-state index in [0.717, 1.165) is 31.8 Å². The lowest BCUT2D eigenvalue weighted by atomic mass is 9.94. The highest BCUT2D eigenvalue weighted by Crippen LogP contribution is 2.42. The Morgan fingerprint density at radius 1 is 1.28 bits per heavy atom. The first-order valence-electron chi connectivity index (χ1n) is 11.6. The molecule has 1 aliphatic heterocycles. The number of alkyl halides is 1. The molecule has 2 atom stereocenters. The van der Waals surface area contributed by atoms with Crippen molar-refractivity contribution in [3.05, 3.63) is 79.0 Å². The minimum atomic E-state index is -1.51. The van der Waals surface area contributed by atoms with Gasteiger partial charge in [0.1, 0.15) is 11.9 Å². The molecule has 1 aliphatic rings. The zero-order valence-electron chi connectivity index (χ0n) is 20.2. The fourth-order valence-electron chi connectivity index (χ4n) is 4.58. The molecular formula is C26H26ClFN4O3S. The van der Waals surface area contributed by atoms with E-state index >= 15 is 4.39 Å². The summed E-state index contributed by atoms with van der Waals surface area (Å²) < 4.78 is 25.0. The summed E-state index contributed by atoms with van der Waals surface area (Å²) in [6.07, 6.45) is 3.10. The largest absolute Gasteiger partial charge is 0.486 e. The Balaban J connectivity index is 1.60. The number of nitrogens with one attached hydrogen (secondary N) is 1. The number of aromatic nitrogens is 3. The van der Waals surface area contributed by atoms with E-state index in [4.69, 9.17) is 16.3 Å². The van der Waals surface area contributed by atoms with Gasteiger partial charge in [0.15, 0.2) is 5.67 Å². The maximum absolute atomic E-state index is 15.2. The van der Waals surface area contributed by atoms with E-state index in [1.54, 1.807) is 20.2 Å². The summed E-state index contributed by atoms with van der Waals surface area (Å²) in [4.78, 5) is 30.2. The molecule has 7 nitrogen and oxygen atoms in total. The molecule has 0 bridgehead atoms. The first-order chi connectivity index (χ1) is 17.1. The number of thiophene rings is 1. The van der Waals surface area contributed by atoms with E-state index in [1.165, 1.54) is 32.7 Å². The van der Waals surface area contributed by atoms with E-state index in [2.05, 4.69) is 10.3 Å². The summed E-state index contributed by atoms with van der Waals surface area (Å²) in [5, 5.41) is 3.63. The molecule has 4 heterocycles. The topological polar surface area (TPSA) is 78.2 Å². The Kier molecular flexibility index (Phi) is 6.48. The average molecular weight is 529 g/mol. The predicted molar refractivity (Wildman–Crippen MR) is 141 cm³/mol. The van der Waals surface area contributed by atoms with Gasteiger partial charge < -0.3 is 14.6 Å². The van der Waals surface area contributed by atoms with E-state index in [9.17, 15) is 9.59 Å². The first kappa shape index (κ1) is 24.7. The summed E-state index contributed by atoms with van der Waals surface area (Å²) in [5.74, 6) is 0.589. The zero-order valence-corrected chi connectivity index (χ0v) is 21.8. The van der Waals surface area contributed by atoms with Gasteiger partial charge in [0, 0.05) is 53.1 Å². The SMILES string of the molecule is Cc1cc(Cl)cc(-c2ccnc3cc(Cn4c(=O)ccn(C)c4=O)sc23)c1O[C@H]1CCNC[C@]1(C)F. The maximum atomic E-state index is 15.2. The van der Waals surface area contributed by atoms with E-state index < -0.39 is 11.8 Å².